The molecule has 1 N–H and O–H groups in total. The van der Waals surface area contributed by atoms with E-state index in [2.05, 4.69) is 5.32 Å². The number of para-hydroxylation sites is 1. The van der Waals surface area contributed by atoms with E-state index in [1.165, 1.54) is 7.11 Å². The predicted octanol–water partition coefficient (Wildman–Crippen LogP) is 3.05. The van der Waals surface area contributed by atoms with Crippen LogP contribution in [0, 0.1) is 5.92 Å². The highest BCUT2D eigenvalue weighted by molar-refractivity contribution is 7.88. The van der Waals surface area contributed by atoms with Crippen LogP contribution in [0.25, 0.3) is 16.6 Å². The van der Waals surface area contributed by atoms with Crippen molar-refractivity contribution in [1.29, 1.82) is 0 Å². The zero-order valence-corrected chi connectivity index (χ0v) is 21.0. The van der Waals surface area contributed by atoms with E-state index in [-0.39, 0.29) is 35.1 Å². The number of aromatic nitrogens is 1. The fourth-order valence-corrected chi connectivity index (χ4v) is 5.31. The molecule has 1 aliphatic heterocycles. The van der Waals surface area contributed by atoms with Crippen molar-refractivity contribution in [2.24, 2.45) is 5.92 Å². The summed E-state index contributed by atoms with van der Waals surface area (Å²) in [6.07, 6.45) is 2.76. The quantitative estimate of drug-likeness (QED) is 0.400. The molecule has 1 unspecified atom stereocenters. The van der Waals surface area contributed by atoms with Crippen molar-refractivity contribution in [3.05, 3.63) is 75.0 Å². The first-order valence-corrected chi connectivity index (χ1v) is 13.1. The Bertz CT molecular complexity index is 1300. The Hall–Kier alpha value is -2.85. The van der Waals surface area contributed by atoms with Gasteiger partial charge in [-0.3, -0.25) is 9.59 Å². The average Bonchev–Trinajstić information content (AvgIpc) is 2.87. The van der Waals surface area contributed by atoms with Gasteiger partial charge in [0.1, 0.15) is 11.9 Å². The molecule has 184 valence electrons. The smallest absolute Gasteiger partial charge is 0.355 e. The Labute approximate surface area is 211 Å². The van der Waals surface area contributed by atoms with Gasteiger partial charge in [0.05, 0.1) is 18.2 Å². The summed E-state index contributed by atoms with van der Waals surface area (Å²) in [6, 6.07) is 14.0. The van der Waals surface area contributed by atoms with E-state index < -0.39 is 17.3 Å². The summed E-state index contributed by atoms with van der Waals surface area (Å²) < 4.78 is 20.2. The number of benzene rings is 2. The van der Waals surface area contributed by atoms with Crippen LogP contribution >= 0.6 is 11.6 Å². The van der Waals surface area contributed by atoms with Crippen molar-refractivity contribution in [3.8, 4) is 5.69 Å². The van der Waals surface area contributed by atoms with E-state index >= 15 is 0 Å². The van der Waals surface area contributed by atoms with E-state index in [0.29, 0.717) is 47.5 Å². The zero-order chi connectivity index (χ0) is 25.1. The molecule has 0 aliphatic carbocycles. The van der Waals surface area contributed by atoms with Gasteiger partial charge in [-0.2, -0.15) is 0 Å². The van der Waals surface area contributed by atoms with Crippen LogP contribution in [0.3, 0.4) is 0 Å². The summed E-state index contributed by atoms with van der Waals surface area (Å²) in [4.78, 5) is 39.4. The van der Waals surface area contributed by atoms with Crippen molar-refractivity contribution in [1.82, 2.24) is 14.2 Å². The van der Waals surface area contributed by atoms with E-state index in [9.17, 15) is 18.9 Å². The van der Waals surface area contributed by atoms with Gasteiger partial charge in [0.15, 0.2) is 5.43 Å². The van der Waals surface area contributed by atoms with E-state index in [1.807, 2.05) is 34.6 Å². The summed E-state index contributed by atoms with van der Waals surface area (Å²) in [5.41, 5.74) is 0.906. The van der Waals surface area contributed by atoms with Gasteiger partial charge in [-0.15, -0.1) is 4.31 Å². The largest absolute Gasteiger partial charge is 0.598 e. The summed E-state index contributed by atoms with van der Waals surface area (Å²) in [7, 11) is 1.25. The number of piperidine rings is 1. The molecule has 1 atom stereocenters. The number of carbonyl (C=O) groups excluding carboxylic acids is 2. The second kappa shape index (κ2) is 10.8. The summed E-state index contributed by atoms with van der Waals surface area (Å²) in [6.45, 7) is 0.992. The number of esters is 1. The average molecular weight is 516 g/mol. The molecule has 1 aromatic heterocycles. The minimum atomic E-state index is -1.07. The van der Waals surface area contributed by atoms with Crippen molar-refractivity contribution >= 4 is 45.7 Å². The van der Waals surface area contributed by atoms with Crippen LogP contribution in [0.4, 0.5) is 0 Å². The van der Waals surface area contributed by atoms with Gasteiger partial charge in [0.2, 0.25) is 5.91 Å². The minimum Gasteiger partial charge on any atom is -0.598 e. The highest BCUT2D eigenvalue weighted by atomic mass is 35.5. The number of hydrogen-bond donors (Lipinski definition) is 1. The standard InChI is InChI=1S/C25H26ClN3O5S/c1-34-25(32)22-20(15-27-24(31)16-10-12-28(13-11-16)35(2)33)23(30)19-9-8-17(26)14-21(19)29(22)18-6-4-3-5-7-18/h3-9,14,16H,10-13,15H2,1-2H3,(H,27,31). The van der Waals surface area contributed by atoms with Crippen LogP contribution in [0.2, 0.25) is 5.02 Å². The first-order chi connectivity index (χ1) is 16.8. The Kier molecular flexibility index (Phi) is 7.81. The number of amides is 1. The molecule has 1 saturated heterocycles. The number of methoxy groups -OCH3 is 1. The number of nitrogens with zero attached hydrogens (tertiary/aromatic N) is 2. The molecular weight excluding hydrogens is 490 g/mol. The van der Waals surface area contributed by atoms with Gasteiger partial charge in [0.25, 0.3) is 0 Å². The van der Waals surface area contributed by atoms with Gasteiger partial charge in [-0.05, 0) is 43.2 Å². The SMILES string of the molecule is COC(=O)c1c(CNC(=O)C2CCN([S+](C)[O-])CC2)c(=O)c2ccc(Cl)cc2n1-c1ccccc1. The normalized spacial score (nSPS) is 15.7. The Morgan fingerprint density at radius 1 is 1.17 bits per heavy atom. The Balaban J connectivity index is 1.76. The highest BCUT2D eigenvalue weighted by Crippen LogP contribution is 2.26. The van der Waals surface area contributed by atoms with Crippen molar-refractivity contribution in [3.63, 3.8) is 0 Å². The van der Waals surface area contributed by atoms with Crippen molar-refractivity contribution in [2.75, 3.05) is 26.5 Å². The number of halogens is 1. The molecule has 2 heterocycles. The van der Waals surface area contributed by atoms with Crippen LogP contribution in [0.1, 0.15) is 28.9 Å². The minimum absolute atomic E-state index is 0.0370. The van der Waals surface area contributed by atoms with Crippen LogP contribution in [0.5, 0.6) is 0 Å². The number of carbonyl (C=O) groups is 2. The molecule has 1 amide bonds. The summed E-state index contributed by atoms with van der Waals surface area (Å²) in [5.74, 6) is -1.16. The number of rotatable bonds is 6. The molecular formula is C25H26ClN3O5S. The van der Waals surface area contributed by atoms with Crippen LogP contribution in [0.15, 0.2) is 53.3 Å². The van der Waals surface area contributed by atoms with Gasteiger partial charge in [-0.1, -0.05) is 29.8 Å². The van der Waals surface area contributed by atoms with Gasteiger partial charge >= 0.3 is 5.97 Å². The fraction of sp³-hybridized carbons (Fsp3) is 0.320. The molecule has 1 aliphatic rings. The molecule has 8 nitrogen and oxygen atoms in total. The first-order valence-electron chi connectivity index (χ1n) is 11.2. The topological polar surface area (TPSA) is 104 Å². The van der Waals surface area contributed by atoms with Crippen LogP contribution in [-0.4, -0.2) is 51.8 Å². The third-order valence-corrected chi connectivity index (χ3v) is 7.58. The number of hydrogen-bond acceptors (Lipinski definition) is 6. The lowest BCUT2D eigenvalue weighted by Gasteiger charge is -2.29. The molecule has 0 radical (unpaired) electrons. The van der Waals surface area contributed by atoms with E-state index in [1.54, 1.807) is 29.0 Å². The van der Waals surface area contributed by atoms with E-state index in [0.717, 1.165) is 0 Å². The predicted molar refractivity (Wildman–Crippen MR) is 136 cm³/mol. The number of nitrogens with one attached hydrogen (secondary N) is 1. The van der Waals surface area contributed by atoms with Crippen molar-refractivity contribution in [2.45, 2.75) is 19.4 Å². The zero-order valence-electron chi connectivity index (χ0n) is 19.5. The molecule has 0 spiro atoms. The van der Waals surface area contributed by atoms with Crippen LogP contribution in [-0.2, 0) is 27.4 Å². The maximum atomic E-state index is 13.5. The number of ether oxygens (including phenoxy) is 1. The van der Waals surface area contributed by atoms with Gasteiger partial charge < -0.3 is 19.2 Å². The summed E-state index contributed by atoms with van der Waals surface area (Å²) >= 11 is 5.18. The lowest BCUT2D eigenvalue weighted by molar-refractivity contribution is -0.126. The first kappa shape index (κ1) is 25.2. The maximum absolute atomic E-state index is 13.5. The molecule has 0 bridgehead atoms. The van der Waals surface area contributed by atoms with Crippen LogP contribution < -0.4 is 10.7 Å². The summed E-state index contributed by atoms with van der Waals surface area (Å²) in [5, 5.41) is 3.63. The second-order valence-corrected chi connectivity index (χ2v) is 10.1. The lowest BCUT2D eigenvalue weighted by Crippen LogP contribution is -2.43. The molecule has 1 fully saturated rings. The molecule has 2 aromatic carbocycles. The highest BCUT2D eigenvalue weighted by Gasteiger charge is 2.30. The maximum Gasteiger partial charge on any atom is 0.355 e. The molecule has 3 aromatic rings. The lowest BCUT2D eigenvalue weighted by atomic mass is 9.97. The fourth-order valence-electron chi connectivity index (χ4n) is 4.42. The third-order valence-electron chi connectivity index (χ3n) is 6.25. The number of fused-ring (bicyclic) bond motifs is 1. The monoisotopic (exact) mass is 515 g/mol. The Morgan fingerprint density at radius 3 is 2.49 bits per heavy atom. The van der Waals surface area contributed by atoms with Crippen molar-refractivity contribution < 1.29 is 18.9 Å². The van der Waals surface area contributed by atoms with E-state index in [4.69, 9.17) is 16.3 Å². The van der Waals surface area contributed by atoms with Gasteiger partial charge in [-0.25, -0.2) is 4.79 Å². The molecule has 10 heteroatoms. The third kappa shape index (κ3) is 5.23. The number of pyridine rings is 1. The molecule has 4 rings (SSSR count). The Morgan fingerprint density at radius 2 is 1.86 bits per heavy atom. The second-order valence-electron chi connectivity index (χ2n) is 8.33. The molecule has 0 saturated carbocycles. The van der Waals surface area contributed by atoms with Gasteiger partial charge in [0, 0.05) is 53.0 Å². The molecule has 35 heavy (non-hydrogen) atoms.